The predicted octanol–water partition coefficient (Wildman–Crippen LogP) is 6.17. The van der Waals surface area contributed by atoms with E-state index in [1.165, 1.54) is 63.9 Å². The van der Waals surface area contributed by atoms with E-state index in [0.717, 1.165) is 0 Å². The van der Waals surface area contributed by atoms with Gasteiger partial charge >= 0.3 is 0 Å². The van der Waals surface area contributed by atoms with E-state index < -0.39 is 0 Å². The number of rotatable bonds is 12. The Hall–Kier alpha value is -1.04. The van der Waals surface area contributed by atoms with Crippen molar-refractivity contribution in [2.75, 3.05) is 0 Å². The first kappa shape index (κ1) is 17.0. The van der Waals surface area contributed by atoms with Crippen LogP contribution in [0.25, 0.3) is 0 Å². The molecule has 1 radical (unpaired) electrons. The third-order valence-electron chi connectivity index (χ3n) is 2.92. The molecule has 0 rings (SSSR count). The summed E-state index contributed by atoms with van der Waals surface area (Å²) < 4.78 is 0. The van der Waals surface area contributed by atoms with Gasteiger partial charge in [-0.2, -0.15) is 0 Å². The van der Waals surface area contributed by atoms with Crippen LogP contribution in [0.15, 0.2) is 42.5 Å². The number of allylic oxidation sites excluding steroid dienone is 7. The van der Waals surface area contributed by atoms with Crippen molar-refractivity contribution in [2.24, 2.45) is 0 Å². The molecule has 0 aliphatic heterocycles. The molecular weight excluding hydrogens is 216 g/mol. The fourth-order valence-electron chi connectivity index (χ4n) is 1.83. The first-order valence-electron chi connectivity index (χ1n) is 7.45. The summed E-state index contributed by atoms with van der Waals surface area (Å²) in [6.07, 6.45) is 26.0. The van der Waals surface area contributed by atoms with Gasteiger partial charge in [0.2, 0.25) is 0 Å². The van der Waals surface area contributed by atoms with Crippen molar-refractivity contribution >= 4 is 0 Å². The molecule has 0 unspecified atom stereocenters. The molecule has 101 valence electrons. The van der Waals surface area contributed by atoms with Gasteiger partial charge < -0.3 is 0 Å². The van der Waals surface area contributed by atoms with Gasteiger partial charge in [0.1, 0.15) is 0 Å². The van der Waals surface area contributed by atoms with E-state index in [0.29, 0.717) is 0 Å². The third kappa shape index (κ3) is 15.0. The largest absolute Gasteiger partial charge is 0.0845 e. The quantitative estimate of drug-likeness (QED) is 0.285. The van der Waals surface area contributed by atoms with Gasteiger partial charge in [-0.3, -0.25) is 0 Å². The summed E-state index contributed by atoms with van der Waals surface area (Å²) in [7, 11) is 0. The number of unbranched alkanes of at least 4 members (excludes halogenated alkanes) is 8. The lowest BCUT2D eigenvalue weighted by Gasteiger charge is -1.99. The molecule has 0 aromatic rings. The van der Waals surface area contributed by atoms with E-state index in [1.54, 1.807) is 0 Å². The normalized spacial score (nSPS) is 12.1. The van der Waals surface area contributed by atoms with Crippen LogP contribution in [-0.4, -0.2) is 0 Å². The van der Waals surface area contributed by atoms with Crippen LogP contribution in [0.5, 0.6) is 0 Å². The Bertz CT molecular complexity index is 243. The highest BCUT2D eigenvalue weighted by Crippen LogP contribution is 2.09. The maximum atomic E-state index is 5.21. The van der Waals surface area contributed by atoms with Crippen molar-refractivity contribution in [1.29, 1.82) is 0 Å². The lowest BCUT2D eigenvalue weighted by molar-refractivity contribution is 0.577. The highest BCUT2D eigenvalue weighted by Gasteiger charge is 1.89. The van der Waals surface area contributed by atoms with E-state index in [2.05, 4.69) is 19.1 Å². The minimum atomic E-state index is 1.20. The molecule has 0 heteroatoms. The van der Waals surface area contributed by atoms with Gasteiger partial charge in [0.05, 0.1) is 0 Å². The summed E-state index contributed by atoms with van der Waals surface area (Å²) >= 11 is 0. The van der Waals surface area contributed by atoms with E-state index in [4.69, 9.17) is 6.58 Å². The second kappa shape index (κ2) is 16.0. The molecule has 0 nitrogen and oxygen atoms in total. The van der Waals surface area contributed by atoms with Crippen molar-refractivity contribution in [1.82, 2.24) is 0 Å². The zero-order valence-corrected chi connectivity index (χ0v) is 12.0. The van der Waals surface area contributed by atoms with Gasteiger partial charge in [0.15, 0.2) is 0 Å². The molecule has 0 saturated carbocycles. The van der Waals surface area contributed by atoms with Crippen molar-refractivity contribution in [2.45, 2.75) is 64.7 Å². The molecule has 0 fully saturated rings. The molecule has 0 aromatic carbocycles. The zero-order chi connectivity index (χ0) is 13.3. The third-order valence-corrected chi connectivity index (χ3v) is 2.92. The first-order valence-corrected chi connectivity index (χ1v) is 7.45. The second-order valence-electron chi connectivity index (χ2n) is 4.65. The first-order chi connectivity index (χ1) is 8.91. The Morgan fingerprint density at radius 2 is 1.22 bits per heavy atom. The molecule has 0 aliphatic rings. The molecule has 0 spiro atoms. The van der Waals surface area contributed by atoms with Crippen LogP contribution in [0.1, 0.15) is 64.7 Å². The van der Waals surface area contributed by atoms with Crippen LogP contribution in [0.4, 0.5) is 0 Å². The van der Waals surface area contributed by atoms with E-state index in [-0.39, 0.29) is 0 Å². The van der Waals surface area contributed by atoms with Crippen LogP contribution in [0.3, 0.4) is 0 Å². The van der Waals surface area contributed by atoms with Gasteiger partial charge in [-0.25, -0.2) is 0 Å². The molecule has 0 aliphatic carbocycles. The summed E-state index contributed by atoms with van der Waals surface area (Å²) in [6.45, 7) is 7.48. The SMILES string of the molecule is [CH]=C/C=C/C=C/C=C/CCCCCCCCCC. The second-order valence-corrected chi connectivity index (χ2v) is 4.65. The minimum Gasteiger partial charge on any atom is -0.0845 e. The summed E-state index contributed by atoms with van der Waals surface area (Å²) in [5.41, 5.74) is 0. The summed E-state index contributed by atoms with van der Waals surface area (Å²) in [6, 6.07) is 0. The van der Waals surface area contributed by atoms with E-state index in [9.17, 15) is 0 Å². The van der Waals surface area contributed by atoms with Gasteiger partial charge in [0.25, 0.3) is 0 Å². The molecule has 0 bridgehead atoms. The molecule has 0 amide bonds. The molecular formula is C18H29. The molecule has 0 saturated heterocycles. The molecule has 0 atom stereocenters. The van der Waals surface area contributed by atoms with Gasteiger partial charge in [-0.05, 0) is 12.8 Å². The Labute approximate surface area is 114 Å². The molecule has 0 aromatic heterocycles. The molecule has 0 heterocycles. The Morgan fingerprint density at radius 1 is 0.667 bits per heavy atom. The van der Waals surface area contributed by atoms with Crippen LogP contribution in [0.2, 0.25) is 0 Å². The fraction of sp³-hybridized carbons (Fsp3) is 0.556. The Kier molecular flexibility index (Phi) is 15.0. The van der Waals surface area contributed by atoms with Crippen LogP contribution >= 0.6 is 0 Å². The van der Waals surface area contributed by atoms with Crippen molar-refractivity contribution in [3.8, 4) is 0 Å². The summed E-state index contributed by atoms with van der Waals surface area (Å²) in [5, 5.41) is 0. The molecule has 18 heavy (non-hydrogen) atoms. The molecule has 0 N–H and O–H groups in total. The lowest BCUT2D eigenvalue weighted by atomic mass is 10.1. The van der Waals surface area contributed by atoms with Crippen molar-refractivity contribution in [3.63, 3.8) is 0 Å². The smallest absolute Gasteiger partial charge is 0.0348 e. The topological polar surface area (TPSA) is 0 Å². The number of hydrogen-bond acceptors (Lipinski definition) is 0. The monoisotopic (exact) mass is 245 g/mol. The highest BCUT2D eigenvalue weighted by molar-refractivity contribution is 5.13. The van der Waals surface area contributed by atoms with E-state index >= 15 is 0 Å². The average Bonchev–Trinajstić information content (AvgIpc) is 2.39. The Morgan fingerprint density at radius 3 is 1.89 bits per heavy atom. The van der Waals surface area contributed by atoms with Crippen molar-refractivity contribution in [3.05, 3.63) is 49.1 Å². The highest BCUT2D eigenvalue weighted by atomic mass is 14.0. The summed E-state index contributed by atoms with van der Waals surface area (Å²) in [4.78, 5) is 0. The maximum absolute atomic E-state index is 5.21. The summed E-state index contributed by atoms with van der Waals surface area (Å²) in [5.74, 6) is 0. The van der Waals surface area contributed by atoms with Crippen molar-refractivity contribution < 1.29 is 0 Å². The average molecular weight is 245 g/mol. The standard InChI is InChI=1S/C18H29/c1-3-5-7-9-11-13-15-17-18-16-14-12-10-8-6-4-2/h1,3,5,7,9,11,13,15H,4,6,8,10,12,14,16-18H2,2H3/b3-1?,7-5+,11-9+,15-13+. The van der Waals surface area contributed by atoms with Crippen LogP contribution < -0.4 is 0 Å². The maximum Gasteiger partial charge on any atom is -0.0348 e. The zero-order valence-electron chi connectivity index (χ0n) is 12.0. The fourth-order valence-corrected chi connectivity index (χ4v) is 1.83. The van der Waals surface area contributed by atoms with Crippen LogP contribution in [-0.2, 0) is 0 Å². The number of hydrogen-bond donors (Lipinski definition) is 0. The van der Waals surface area contributed by atoms with Crippen LogP contribution in [0, 0.1) is 6.58 Å². The van der Waals surface area contributed by atoms with E-state index in [1.807, 2.05) is 24.3 Å². The van der Waals surface area contributed by atoms with Gasteiger partial charge in [-0.15, -0.1) is 0 Å². The lowest BCUT2D eigenvalue weighted by Crippen LogP contribution is -1.79. The van der Waals surface area contributed by atoms with Gasteiger partial charge in [0, 0.05) is 0 Å². The predicted molar refractivity (Wildman–Crippen MR) is 83.5 cm³/mol. The van der Waals surface area contributed by atoms with Gasteiger partial charge in [-0.1, -0.05) is 101 Å². The Balaban J connectivity index is 3.19. The minimum absolute atomic E-state index is 1.20.